The number of rotatable bonds is 3. The monoisotopic (exact) mass is 305 g/mol. The number of nitrogens with zero attached hydrogens (tertiary/aromatic N) is 3. The molecule has 0 amide bonds. The van der Waals surface area contributed by atoms with E-state index >= 15 is 0 Å². The molecule has 4 rings (SSSR count). The van der Waals surface area contributed by atoms with E-state index in [2.05, 4.69) is 9.97 Å². The third-order valence-corrected chi connectivity index (χ3v) is 3.70. The fraction of sp³-hybridized carbons (Fsp3) is 0.111. The molecule has 0 aliphatic carbocycles. The van der Waals surface area contributed by atoms with Gasteiger partial charge in [-0.15, -0.1) is 0 Å². The lowest BCUT2D eigenvalue weighted by Crippen LogP contribution is -2.02. The molecule has 0 saturated carbocycles. The van der Waals surface area contributed by atoms with E-state index in [0.717, 1.165) is 28.3 Å². The van der Waals surface area contributed by atoms with Gasteiger partial charge < -0.3 is 9.52 Å². The number of phenols is 1. The van der Waals surface area contributed by atoms with Crippen LogP contribution in [0.25, 0.3) is 17.0 Å². The van der Waals surface area contributed by atoms with Crippen LogP contribution >= 0.6 is 0 Å². The minimum absolute atomic E-state index is 0.247. The Morgan fingerprint density at radius 2 is 2.04 bits per heavy atom. The summed E-state index contributed by atoms with van der Waals surface area (Å²) in [5.74, 6) is 2.59. The minimum Gasteiger partial charge on any atom is -0.508 e. The van der Waals surface area contributed by atoms with Gasteiger partial charge in [0.2, 0.25) is 5.88 Å². The van der Waals surface area contributed by atoms with E-state index < -0.39 is 0 Å². The van der Waals surface area contributed by atoms with E-state index in [4.69, 9.17) is 4.42 Å². The highest BCUT2D eigenvalue weighted by atomic mass is 16.4. The molecule has 0 bridgehead atoms. The summed E-state index contributed by atoms with van der Waals surface area (Å²) < 4.78 is 7.69. The summed E-state index contributed by atoms with van der Waals surface area (Å²) in [6, 6.07) is 14.8. The molecule has 0 radical (unpaired) electrons. The number of aromatic nitrogens is 3. The smallest absolute Gasteiger partial charge is 0.206 e. The van der Waals surface area contributed by atoms with Crippen molar-refractivity contribution in [1.29, 1.82) is 0 Å². The summed E-state index contributed by atoms with van der Waals surface area (Å²) >= 11 is 0. The average molecular weight is 305 g/mol. The highest BCUT2D eigenvalue weighted by Crippen LogP contribution is 2.24. The molecule has 3 heterocycles. The summed E-state index contributed by atoms with van der Waals surface area (Å²) in [6.45, 7) is 1.91. The van der Waals surface area contributed by atoms with Gasteiger partial charge in [-0.25, -0.2) is 14.5 Å². The van der Waals surface area contributed by atoms with E-state index in [1.54, 1.807) is 18.3 Å². The molecule has 0 unspecified atom stereocenters. The van der Waals surface area contributed by atoms with Gasteiger partial charge in [0, 0.05) is 18.7 Å². The normalized spacial score (nSPS) is 11.2. The Bertz CT molecular complexity index is 985. The van der Waals surface area contributed by atoms with Crippen LogP contribution in [-0.4, -0.2) is 19.6 Å². The molecule has 0 saturated heterocycles. The Labute approximate surface area is 132 Å². The topological polar surface area (TPSA) is 64.1 Å². The van der Waals surface area contributed by atoms with Crippen molar-refractivity contribution < 1.29 is 9.52 Å². The molecule has 114 valence electrons. The molecule has 0 aliphatic heterocycles. The van der Waals surface area contributed by atoms with Crippen LogP contribution in [0.1, 0.15) is 17.1 Å². The number of imidazole rings is 1. The van der Waals surface area contributed by atoms with Crippen molar-refractivity contribution in [3.8, 4) is 11.6 Å². The number of aromatic hydroxyl groups is 1. The number of pyridine rings is 1. The maximum atomic E-state index is 9.66. The van der Waals surface area contributed by atoms with Gasteiger partial charge in [-0.05, 0) is 42.8 Å². The molecule has 1 N–H and O–H groups in total. The first-order valence-corrected chi connectivity index (χ1v) is 7.38. The molecule has 3 aromatic heterocycles. The largest absolute Gasteiger partial charge is 0.508 e. The van der Waals surface area contributed by atoms with Gasteiger partial charge in [0.25, 0.3) is 0 Å². The van der Waals surface area contributed by atoms with Crippen molar-refractivity contribution >= 4 is 11.2 Å². The van der Waals surface area contributed by atoms with Crippen LogP contribution in [0.5, 0.6) is 5.75 Å². The van der Waals surface area contributed by atoms with Gasteiger partial charge in [0.05, 0.1) is 0 Å². The number of phenolic OH excluding ortho intramolecular Hbond substituents is 1. The third-order valence-electron chi connectivity index (χ3n) is 3.70. The number of furan rings is 1. The Balaban J connectivity index is 1.88. The maximum absolute atomic E-state index is 9.66. The van der Waals surface area contributed by atoms with Gasteiger partial charge in [0.15, 0.2) is 5.65 Å². The number of hydrogen-bond donors (Lipinski definition) is 1. The SMILES string of the molecule is Cc1ccc(-n2c(Cc3cccc(O)c3)nc3cccnc32)o1. The molecule has 5 heteroatoms. The lowest BCUT2D eigenvalue weighted by molar-refractivity contribution is 0.474. The Hall–Kier alpha value is -3.08. The molecule has 5 nitrogen and oxygen atoms in total. The molecule has 0 atom stereocenters. The highest BCUT2D eigenvalue weighted by molar-refractivity contribution is 5.73. The predicted molar refractivity (Wildman–Crippen MR) is 86.8 cm³/mol. The zero-order chi connectivity index (χ0) is 15.8. The van der Waals surface area contributed by atoms with Gasteiger partial charge in [0.1, 0.15) is 22.9 Å². The van der Waals surface area contributed by atoms with Crippen molar-refractivity contribution in [2.75, 3.05) is 0 Å². The lowest BCUT2D eigenvalue weighted by atomic mass is 10.1. The molecule has 1 aromatic carbocycles. The standard InChI is InChI=1S/C18H15N3O2/c1-12-7-8-17(23-12)21-16(11-13-4-2-5-14(22)10-13)20-15-6-3-9-19-18(15)21/h2-10,22H,11H2,1H3. The Morgan fingerprint density at radius 3 is 2.83 bits per heavy atom. The van der Waals surface area contributed by atoms with E-state index in [9.17, 15) is 5.11 Å². The van der Waals surface area contributed by atoms with E-state index in [1.807, 2.05) is 47.9 Å². The Kier molecular flexibility index (Phi) is 3.12. The molecular weight excluding hydrogens is 290 g/mol. The van der Waals surface area contributed by atoms with Gasteiger partial charge in [-0.2, -0.15) is 0 Å². The predicted octanol–water partition coefficient (Wildman–Crippen LogP) is 3.62. The molecule has 4 aromatic rings. The number of fused-ring (bicyclic) bond motifs is 1. The minimum atomic E-state index is 0.247. The summed E-state index contributed by atoms with van der Waals surface area (Å²) in [4.78, 5) is 9.12. The fourth-order valence-electron chi connectivity index (χ4n) is 2.70. The van der Waals surface area contributed by atoms with Crippen LogP contribution in [0.3, 0.4) is 0 Å². The van der Waals surface area contributed by atoms with Crippen molar-refractivity contribution in [3.63, 3.8) is 0 Å². The zero-order valence-corrected chi connectivity index (χ0v) is 12.6. The van der Waals surface area contributed by atoms with Gasteiger partial charge in [-0.3, -0.25) is 0 Å². The van der Waals surface area contributed by atoms with Crippen molar-refractivity contribution in [2.24, 2.45) is 0 Å². The maximum Gasteiger partial charge on any atom is 0.206 e. The van der Waals surface area contributed by atoms with E-state index in [-0.39, 0.29) is 5.75 Å². The molecule has 0 fully saturated rings. The summed E-state index contributed by atoms with van der Waals surface area (Å²) in [6.07, 6.45) is 2.32. The molecule has 0 aliphatic rings. The van der Waals surface area contributed by atoms with Crippen molar-refractivity contribution in [1.82, 2.24) is 14.5 Å². The number of hydrogen-bond acceptors (Lipinski definition) is 4. The molecule has 0 spiro atoms. The molecule has 23 heavy (non-hydrogen) atoms. The third kappa shape index (κ3) is 2.46. The van der Waals surface area contributed by atoms with Crippen LogP contribution in [0.4, 0.5) is 0 Å². The summed E-state index contributed by atoms with van der Waals surface area (Å²) in [5.41, 5.74) is 2.55. The van der Waals surface area contributed by atoms with Crippen LogP contribution in [0.2, 0.25) is 0 Å². The van der Waals surface area contributed by atoms with E-state index in [1.165, 1.54) is 0 Å². The number of benzene rings is 1. The fourth-order valence-corrected chi connectivity index (χ4v) is 2.70. The first kappa shape index (κ1) is 13.6. The second kappa shape index (κ2) is 5.28. The van der Waals surface area contributed by atoms with Crippen LogP contribution < -0.4 is 0 Å². The Morgan fingerprint density at radius 1 is 1.13 bits per heavy atom. The first-order valence-electron chi connectivity index (χ1n) is 7.38. The van der Waals surface area contributed by atoms with Gasteiger partial charge in [-0.1, -0.05) is 12.1 Å². The van der Waals surface area contributed by atoms with Crippen LogP contribution in [-0.2, 0) is 6.42 Å². The van der Waals surface area contributed by atoms with Crippen molar-refractivity contribution in [3.05, 3.63) is 71.9 Å². The number of aryl methyl sites for hydroxylation is 1. The molecular formula is C18H15N3O2. The zero-order valence-electron chi connectivity index (χ0n) is 12.6. The lowest BCUT2D eigenvalue weighted by Gasteiger charge is -2.06. The highest BCUT2D eigenvalue weighted by Gasteiger charge is 2.16. The second-order valence-corrected chi connectivity index (χ2v) is 5.44. The van der Waals surface area contributed by atoms with Crippen LogP contribution in [0, 0.1) is 6.92 Å². The summed E-state index contributed by atoms with van der Waals surface area (Å²) in [7, 11) is 0. The van der Waals surface area contributed by atoms with Crippen LogP contribution in [0.15, 0.2) is 59.1 Å². The van der Waals surface area contributed by atoms with Gasteiger partial charge >= 0.3 is 0 Å². The second-order valence-electron chi connectivity index (χ2n) is 5.44. The van der Waals surface area contributed by atoms with Crippen molar-refractivity contribution in [2.45, 2.75) is 13.3 Å². The summed E-state index contributed by atoms with van der Waals surface area (Å²) in [5, 5.41) is 9.66. The van der Waals surface area contributed by atoms with E-state index in [0.29, 0.717) is 12.3 Å². The average Bonchev–Trinajstić information content (AvgIpc) is 3.10. The quantitative estimate of drug-likeness (QED) is 0.628. The first-order chi connectivity index (χ1) is 11.2.